The van der Waals surface area contributed by atoms with Crippen molar-refractivity contribution in [2.45, 2.75) is 6.92 Å². The van der Waals surface area contributed by atoms with Gasteiger partial charge in [-0.2, -0.15) is 5.10 Å². The van der Waals surface area contributed by atoms with Crippen LogP contribution in [0.1, 0.15) is 16.1 Å². The maximum Gasteiger partial charge on any atom is 0.259 e. The molecular weight excluding hydrogens is 283 g/mol. The van der Waals surface area contributed by atoms with Crippen molar-refractivity contribution in [1.82, 2.24) is 14.8 Å². The van der Waals surface area contributed by atoms with Crippen molar-refractivity contribution < 1.29 is 9.18 Å². The van der Waals surface area contributed by atoms with Gasteiger partial charge in [0.05, 0.1) is 35.0 Å². The Balaban J connectivity index is 1.87. The van der Waals surface area contributed by atoms with Gasteiger partial charge in [0.2, 0.25) is 0 Å². The molecule has 110 valence electrons. The monoisotopic (exact) mass is 296 g/mol. The number of benzene rings is 1. The van der Waals surface area contributed by atoms with Crippen LogP contribution in [0.2, 0.25) is 0 Å². The molecule has 0 unspecified atom stereocenters. The Hall–Kier alpha value is -3.02. The lowest BCUT2D eigenvalue weighted by atomic mass is 10.2. The van der Waals surface area contributed by atoms with Crippen LogP contribution in [0, 0.1) is 12.7 Å². The molecule has 2 aromatic heterocycles. The number of carbonyl (C=O) groups is 1. The number of hydrogen-bond donors (Lipinski definition) is 1. The third kappa shape index (κ3) is 2.71. The molecule has 0 aliphatic heterocycles. The summed E-state index contributed by atoms with van der Waals surface area (Å²) in [5, 5.41) is 6.95. The minimum absolute atomic E-state index is 0.265. The second kappa shape index (κ2) is 5.77. The topological polar surface area (TPSA) is 59.8 Å². The van der Waals surface area contributed by atoms with Crippen LogP contribution < -0.4 is 5.32 Å². The van der Waals surface area contributed by atoms with Crippen LogP contribution in [0.5, 0.6) is 0 Å². The second-order valence-electron chi connectivity index (χ2n) is 4.73. The highest BCUT2D eigenvalue weighted by Crippen LogP contribution is 2.16. The van der Waals surface area contributed by atoms with E-state index in [1.165, 1.54) is 18.3 Å². The lowest BCUT2D eigenvalue weighted by Crippen LogP contribution is -2.13. The number of pyridine rings is 1. The van der Waals surface area contributed by atoms with E-state index in [1.807, 2.05) is 0 Å². The van der Waals surface area contributed by atoms with Gasteiger partial charge in [0.1, 0.15) is 5.82 Å². The van der Waals surface area contributed by atoms with Crippen molar-refractivity contribution in [2.24, 2.45) is 0 Å². The Bertz CT molecular complexity index is 797. The third-order valence-electron chi connectivity index (χ3n) is 3.25. The number of anilines is 1. The van der Waals surface area contributed by atoms with E-state index in [9.17, 15) is 9.18 Å². The van der Waals surface area contributed by atoms with Crippen LogP contribution in [-0.4, -0.2) is 20.7 Å². The zero-order chi connectivity index (χ0) is 15.5. The first-order chi connectivity index (χ1) is 10.6. The molecule has 0 atom stereocenters. The first-order valence-electron chi connectivity index (χ1n) is 6.67. The number of amides is 1. The fourth-order valence-corrected chi connectivity index (χ4v) is 2.11. The van der Waals surface area contributed by atoms with E-state index >= 15 is 0 Å². The Morgan fingerprint density at radius 2 is 1.95 bits per heavy atom. The molecule has 3 aromatic rings. The number of nitrogens with one attached hydrogen (secondary N) is 1. The quantitative estimate of drug-likeness (QED) is 0.808. The Morgan fingerprint density at radius 1 is 1.18 bits per heavy atom. The molecule has 3 rings (SSSR count). The fraction of sp³-hybridized carbons (Fsp3) is 0.0625. The van der Waals surface area contributed by atoms with E-state index in [4.69, 9.17) is 0 Å². The molecular formula is C16H13FN4O. The molecule has 0 aliphatic rings. The van der Waals surface area contributed by atoms with Gasteiger partial charge in [-0.15, -0.1) is 0 Å². The van der Waals surface area contributed by atoms with Crippen molar-refractivity contribution in [3.63, 3.8) is 0 Å². The van der Waals surface area contributed by atoms with Crippen molar-refractivity contribution in [3.8, 4) is 5.69 Å². The van der Waals surface area contributed by atoms with Crippen LogP contribution in [-0.2, 0) is 0 Å². The molecule has 2 heterocycles. The predicted octanol–water partition coefficient (Wildman–Crippen LogP) is 2.97. The molecule has 0 saturated heterocycles. The maximum atomic E-state index is 13.0. The highest BCUT2D eigenvalue weighted by Gasteiger charge is 2.15. The number of rotatable bonds is 3. The molecule has 22 heavy (non-hydrogen) atoms. The predicted molar refractivity (Wildman–Crippen MR) is 80.4 cm³/mol. The largest absolute Gasteiger partial charge is 0.320 e. The molecule has 1 amide bonds. The lowest BCUT2D eigenvalue weighted by Gasteiger charge is -2.06. The molecule has 0 fully saturated rings. The van der Waals surface area contributed by atoms with Gasteiger partial charge in [-0.1, -0.05) is 0 Å². The van der Waals surface area contributed by atoms with Crippen molar-refractivity contribution in [2.75, 3.05) is 5.32 Å². The smallest absolute Gasteiger partial charge is 0.259 e. The molecule has 6 heteroatoms. The van der Waals surface area contributed by atoms with E-state index in [0.717, 1.165) is 0 Å². The van der Waals surface area contributed by atoms with E-state index in [0.29, 0.717) is 22.6 Å². The molecule has 0 bridgehead atoms. The lowest BCUT2D eigenvalue weighted by molar-refractivity contribution is 0.102. The summed E-state index contributed by atoms with van der Waals surface area (Å²) < 4.78 is 14.6. The molecule has 0 radical (unpaired) electrons. The number of halogens is 1. The third-order valence-corrected chi connectivity index (χ3v) is 3.25. The van der Waals surface area contributed by atoms with E-state index in [2.05, 4.69) is 15.4 Å². The minimum Gasteiger partial charge on any atom is -0.320 e. The van der Waals surface area contributed by atoms with E-state index in [-0.39, 0.29) is 11.7 Å². The molecule has 5 nitrogen and oxygen atoms in total. The van der Waals surface area contributed by atoms with E-state index in [1.54, 1.807) is 48.3 Å². The van der Waals surface area contributed by atoms with Crippen molar-refractivity contribution in [3.05, 3.63) is 72.1 Å². The summed E-state index contributed by atoms with van der Waals surface area (Å²) in [6, 6.07) is 9.42. The average Bonchev–Trinajstić information content (AvgIpc) is 2.91. The summed E-state index contributed by atoms with van der Waals surface area (Å²) in [6.07, 6.45) is 4.69. The highest BCUT2D eigenvalue weighted by atomic mass is 19.1. The van der Waals surface area contributed by atoms with Gasteiger partial charge in [0.25, 0.3) is 5.91 Å². The van der Waals surface area contributed by atoms with Gasteiger partial charge < -0.3 is 5.32 Å². The zero-order valence-corrected chi connectivity index (χ0v) is 11.8. The summed E-state index contributed by atoms with van der Waals surface area (Å²) in [7, 11) is 0. The van der Waals surface area contributed by atoms with Gasteiger partial charge in [0, 0.05) is 6.20 Å². The Morgan fingerprint density at radius 3 is 2.64 bits per heavy atom. The molecule has 0 spiro atoms. The number of nitrogens with zero attached hydrogens (tertiary/aromatic N) is 3. The van der Waals surface area contributed by atoms with Gasteiger partial charge in [-0.3, -0.25) is 9.78 Å². The molecule has 1 aromatic carbocycles. The van der Waals surface area contributed by atoms with Crippen LogP contribution in [0.4, 0.5) is 10.1 Å². The van der Waals surface area contributed by atoms with Crippen LogP contribution in [0.3, 0.4) is 0 Å². The minimum atomic E-state index is -0.317. The molecule has 0 aliphatic carbocycles. The summed E-state index contributed by atoms with van der Waals surface area (Å²) in [5.74, 6) is -0.582. The number of aromatic nitrogens is 3. The average molecular weight is 296 g/mol. The summed E-state index contributed by atoms with van der Waals surface area (Å²) in [4.78, 5) is 16.2. The van der Waals surface area contributed by atoms with Gasteiger partial charge >= 0.3 is 0 Å². The Kier molecular flexibility index (Phi) is 3.65. The summed E-state index contributed by atoms with van der Waals surface area (Å²) in [6.45, 7) is 1.79. The van der Waals surface area contributed by atoms with Crippen LogP contribution >= 0.6 is 0 Å². The highest BCUT2D eigenvalue weighted by molar-refractivity contribution is 6.04. The first kappa shape index (κ1) is 13.9. The fourth-order valence-electron chi connectivity index (χ4n) is 2.11. The number of carbonyl (C=O) groups excluding carboxylic acids is 1. The van der Waals surface area contributed by atoms with Gasteiger partial charge in [-0.05, 0) is 43.3 Å². The van der Waals surface area contributed by atoms with Gasteiger partial charge in [0.15, 0.2) is 0 Å². The molecule has 1 N–H and O–H groups in total. The SMILES string of the molecule is Cc1c(C(=O)Nc2cccnc2)cnn1-c1ccc(F)cc1. The second-order valence-corrected chi connectivity index (χ2v) is 4.73. The summed E-state index contributed by atoms with van der Waals surface area (Å²) in [5.41, 5.74) is 2.43. The maximum absolute atomic E-state index is 13.0. The van der Waals surface area contributed by atoms with Crippen molar-refractivity contribution in [1.29, 1.82) is 0 Å². The van der Waals surface area contributed by atoms with Crippen LogP contribution in [0.25, 0.3) is 5.69 Å². The standard InChI is InChI=1S/C16H13FN4O/c1-11-15(16(22)20-13-3-2-8-18-9-13)10-19-21(11)14-6-4-12(17)5-7-14/h2-10H,1H3,(H,20,22). The van der Waals surface area contributed by atoms with Gasteiger partial charge in [-0.25, -0.2) is 9.07 Å². The first-order valence-corrected chi connectivity index (χ1v) is 6.67. The van der Waals surface area contributed by atoms with E-state index < -0.39 is 0 Å². The molecule has 0 saturated carbocycles. The summed E-state index contributed by atoms with van der Waals surface area (Å²) >= 11 is 0. The number of hydrogen-bond acceptors (Lipinski definition) is 3. The zero-order valence-electron chi connectivity index (χ0n) is 11.8. The van der Waals surface area contributed by atoms with Crippen LogP contribution in [0.15, 0.2) is 55.0 Å². The normalized spacial score (nSPS) is 10.5. The van der Waals surface area contributed by atoms with Crippen molar-refractivity contribution >= 4 is 11.6 Å². The Labute approximate surface area is 126 Å².